The molecule has 0 spiro atoms. The van der Waals surface area contributed by atoms with Crippen LogP contribution in [0.5, 0.6) is 0 Å². The van der Waals surface area contributed by atoms with Gasteiger partial charge < -0.3 is 0 Å². The molecule has 8 heteroatoms. The molecule has 8 nitrogen and oxygen atoms in total. The van der Waals surface area contributed by atoms with Gasteiger partial charge in [0.15, 0.2) is 0 Å². The van der Waals surface area contributed by atoms with Crippen molar-refractivity contribution in [2.24, 2.45) is 5.10 Å². The topological polar surface area (TPSA) is 111 Å². The van der Waals surface area contributed by atoms with Crippen molar-refractivity contribution in [3.63, 3.8) is 0 Å². The number of rotatable bonds is 11. The number of nitrogens with zero attached hydrogens (tertiary/aromatic N) is 3. The van der Waals surface area contributed by atoms with E-state index in [-0.39, 0.29) is 17.1 Å². The standard InChI is InChI=1S/C16H24N4O4/c1-3-5-6-7-8-9-13(4-2)17-18-15-11-10-14(19(21)22)12-16(15)20(23)24/h10-12,18H,3-9H2,1-2H3/b17-13-. The molecule has 0 aliphatic carbocycles. The molecular formula is C16H24N4O4. The Balaban J connectivity index is 2.75. The van der Waals surface area contributed by atoms with E-state index in [0.29, 0.717) is 0 Å². The summed E-state index contributed by atoms with van der Waals surface area (Å²) in [5.41, 5.74) is 3.10. The number of benzene rings is 1. The Kier molecular flexibility index (Phi) is 8.38. The second-order valence-corrected chi connectivity index (χ2v) is 5.52. The fourth-order valence-corrected chi connectivity index (χ4v) is 2.26. The van der Waals surface area contributed by atoms with Gasteiger partial charge >= 0.3 is 5.69 Å². The van der Waals surface area contributed by atoms with Crippen molar-refractivity contribution in [2.45, 2.75) is 58.8 Å². The van der Waals surface area contributed by atoms with Gasteiger partial charge in [-0.3, -0.25) is 25.7 Å². The zero-order valence-corrected chi connectivity index (χ0v) is 14.2. The summed E-state index contributed by atoms with van der Waals surface area (Å²) in [6, 6.07) is 3.48. The molecule has 0 amide bonds. The maximum absolute atomic E-state index is 11.1. The molecule has 0 saturated heterocycles. The van der Waals surface area contributed by atoms with Crippen LogP contribution in [-0.4, -0.2) is 15.6 Å². The van der Waals surface area contributed by atoms with E-state index < -0.39 is 9.85 Å². The van der Waals surface area contributed by atoms with E-state index in [0.717, 1.165) is 37.5 Å². The van der Waals surface area contributed by atoms with Crippen LogP contribution in [0.2, 0.25) is 0 Å². The van der Waals surface area contributed by atoms with Crippen LogP contribution in [0.3, 0.4) is 0 Å². The van der Waals surface area contributed by atoms with Crippen molar-refractivity contribution in [3.8, 4) is 0 Å². The van der Waals surface area contributed by atoms with Crippen molar-refractivity contribution in [1.29, 1.82) is 0 Å². The largest absolute Gasteiger partial charge is 0.301 e. The van der Waals surface area contributed by atoms with Gasteiger partial charge in [-0.05, 0) is 25.3 Å². The number of nitro groups is 2. The highest BCUT2D eigenvalue weighted by atomic mass is 16.6. The number of unbranched alkanes of at least 4 members (excludes halogenated alkanes) is 4. The van der Waals surface area contributed by atoms with Crippen LogP contribution in [0.1, 0.15) is 58.8 Å². The quantitative estimate of drug-likeness (QED) is 0.263. The molecule has 1 rings (SSSR count). The second-order valence-electron chi connectivity index (χ2n) is 5.52. The lowest BCUT2D eigenvalue weighted by atomic mass is 10.1. The first-order valence-electron chi connectivity index (χ1n) is 8.23. The third kappa shape index (κ3) is 6.31. The first kappa shape index (κ1) is 19.5. The lowest BCUT2D eigenvalue weighted by Gasteiger charge is -2.06. The summed E-state index contributed by atoms with van der Waals surface area (Å²) in [6.07, 6.45) is 7.40. The fraction of sp³-hybridized carbons (Fsp3) is 0.562. The second kappa shape index (κ2) is 10.3. The molecule has 0 radical (unpaired) electrons. The van der Waals surface area contributed by atoms with Crippen LogP contribution in [0, 0.1) is 20.2 Å². The van der Waals surface area contributed by atoms with Crippen molar-refractivity contribution >= 4 is 22.8 Å². The van der Waals surface area contributed by atoms with Crippen LogP contribution in [0.15, 0.2) is 23.3 Å². The number of hydrazone groups is 1. The molecule has 132 valence electrons. The van der Waals surface area contributed by atoms with E-state index in [9.17, 15) is 20.2 Å². The summed E-state index contributed by atoms with van der Waals surface area (Å²) in [7, 11) is 0. The van der Waals surface area contributed by atoms with E-state index in [1.165, 1.54) is 31.4 Å². The molecule has 0 aromatic heterocycles. The molecule has 0 heterocycles. The van der Waals surface area contributed by atoms with Gasteiger partial charge in [0.05, 0.1) is 15.9 Å². The highest BCUT2D eigenvalue weighted by Crippen LogP contribution is 2.29. The van der Waals surface area contributed by atoms with Crippen molar-refractivity contribution < 1.29 is 9.85 Å². The van der Waals surface area contributed by atoms with Crippen LogP contribution in [-0.2, 0) is 0 Å². The Hall–Kier alpha value is -2.51. The Bertz CT molecular complexity index is 602. The van der Waals surface area contributed by atoms with E-state index in [4.69, 9.17) is 0 Å². The molecule has 0 unspecified atom stereocenters. The van der Waals surface area contributed by atoms with E-state index >= 15 is 0 Å². The molecular weight excluding hydrogens is 312 g/mol. The number of non-ortho nitro benzene ring substituents is 1. The first-order chi connectivity index (χ1) is 11.5. The van der Waals surface area contributed by atoms with Gasteiger partial charge in [0, 0.05) is 11.8 Å². The normalized spacial score (nSPS) is 11.3. The van der Waals surface area contributed by atoms with E-state index in [1.807, 2.05) is 6.92 Å². The number of hydrogen-bond acceptors (Lipinski definition) is 6. The van der Waals surface area contributed by atoms with Gasteiger partial charge in [0.2, 0.25) is 0 Å². The number of anilines is 1. The van der Waals surface area contributed by atoms with Gasteiger partial charge in [-0.25, -0.2) is 0 Å². The number of hydrogen-bond donors (Lipinski definition) is 1. The average Bonchev–Trinajstić information content (AvgIpc) is 2.57. The summed E-state index contributed by atoms with van der Waals surface area (Å²) >= 11 is 0. The highest BCUT2D eigenvalue weighted by molar-refractivity contribution is 5.85. The molecule has 0 atom stereocenters. The smallest absolute Gasteiger partial charge is 0.272 e. The Morgan fingerprint density at radius 1 is 1.08 bits per heavy atom. The summed E-state index contributed by atoms with van der Waals surface area (Å²) < 4.78 is 0. The lowest BCUT2D eigenvalue weighted by Crippen LogP contribution is -2.03. The maximum Gasteiger partial charge on any atom is 0.301 e. The van der Waals surface area contributed by atoms with Gasteiger partial charge in [-0.2, -0.15) is 5.10 Å². The summed E-state index contributed by atoms with van der Waals surface area (Å²) in [6.45, 7) is 4.15. The lowest BCUT2D eigenvalue weighted by molar-refractivity contribution is -0.393. The molecule has 0 aliphatic heterocycles. The zero-order chi connectivity index (χ0) is 17.9. The molecule has 1 aromatic rings. The van der Waals surface area contributed by atoms with Crippen LogP contribution in [0.25, 0.3) is 0 Å². The molecule has 24 heavy (non-hydrogen) atoms. The van der Waals surface area contributed by atoms with Crippen LogP contribution >= 0.6 is 0 Å². The monoisotopic (exact) mass is 336 g/mol. The minimum Gasteiger partial charge on any atom is -0.272 e. The molecule has 0 bridgehead atoms. The van der Waals surface area contributed by atoms with Gasteiger partial charge in [0.1, 0.15) is 5.69 Å². The third-order valence-corrected chi connectivity index (χ3v) is 3.70. The predicted octanol–water partition coefficient (Wildman–Crippen LogP) is 5.04. The molecule has 0 saturated carbocycles. The summed E-state index contributed by atoms with van der Waals surface area (Å²) in [5, 5.41) is 26.0. The van der Waals surface area contributed by atoms with Crippen LogP contribution in [0.4, 0.5) is 17.1 Å². The van der Waals surface area contributed by atoms with Crippen molar-refractivity contribution in [2.75, 3.05) is 5.43 Å². The van der Waals surface area contributed by atoms with E-state index in [1.54, 1.807) is 0 Å². The zero-order valence-electron chi connectivity index (χ0n) is 14.2. The first-order valence-corrected chi connectivity index (χ1v) is 8.23. The minimum absolute atomic E-state index is 0.155. The molecule has 0 fully saturated rings. The molecule has 0 aliphatic rings. The minimum atomic E-state index is -0.659. The predicted molar refractivity (Wildman–Crippen MR) is 94.5 cm³/mol. The maximum atomic E-state index is 11.1. The third-order valence-electron chi connectivity index (χ3n) is 3.70. The fourth-order valence-electron chi connectivity index (χ4n) is 2.26. The average molecular weight is 336 g/mol. The Labute approximate surface area is 141 Å². The Morgan fingerprint density at radius 2 is 1.79 bits per heavy atom. The van der Waals surface area contributed by atoms with Crippen molar-refractivity contribution in [1.82, 2.24) is 0 Å². The van der Waals surface area contributed by atoms with Gasteiger partial charge in [-0.1, -0.05) is 39.5 Å². The van der Waals surface area contributed by atoms with Crippen molar-refractivity contribution in [3.05, 3.63) is 38.4 Å². The molecule has 1 N–H and O–H groups in total. The SMILES string of the molecule is CCCCCCC/C(CC)=N\Nc1ccc([N+](=O)[O-])cc1[N+](=O)[O-]. The Morgan fingerprint density at radius 3 is 2.38 bits per heavy atom. The summed E-state index contributed by atoms with van der Waals surface area (Å²) in [5.74, 6) is 0. The van der Waals surface area contributed by atoms with Gasteiger partial charge in [0.25, 0.3) is 5.69 Å². The van der Waals surface area contributed by atoms with Gasteiger partial charge in [-0.15, -0.1) is 0 Å². The number of nitrogens with one attached hydrogen (secondary N) is 1. The molecule has 1 aromatic carbocycles. The van der Waals surface area contributed by atoms with Crippen LogP contribution < -0.4 is 5.43 Å². The van der Waals surface area contributed by atoms with E-state index in [2.05, 4.69) is 17.5 Å². The summed E-state index contributed by atoms with van der Waals surface area (Å²) in [4.78, 5) is 20.5. The highest BCUT2D eigenvalue weighted by Gasteiger charge is 2.19. The number of nitro benzene ring substituents is 2.